The molecule has 352 valence electrons. The first kappa shape index (κ1) is 47.2. The fraction of sp³-hybridized carbons (Fsp3) is 0.467. The number of fused-ring (bicyclic) bond motifs is 2. The van der Waals surface area contributed by atoms with E-state index in [0.717, 1.165) is 44.1 Å². The van der Waals surface area contributed by atoms with E-state index in [2.05, 4.69) is 35.1 Å². The summed E-state index contributed by atoms with van der Waals surface area (Å²) in [5.74, 6) is 1.15. The topological polar surface area (TPSA) is 258 Å². The summed E-state index contributed by atoms with van der Waals surface area (Å²) in [6.45, 7) is 14.9. The van der Waals surface area contributed by atoms with E-state index in [4.69, 9.17) is 31.4 Å². The van der Waals surface area contributed by atoms with Crippen LogP contribution in [0.2, 0.25) is 0 Å². The molecule has 2 aliphatic rings. The average molecular weight is 926 g/mol. The molecule has 0 radical (unpaired) electrons. The van der Waals surface area contributed by atoms with Crippen molar-refractivity contribution < 1.29 is 33.4 Å². The molecule has 0 saturated carbocycles. The van der Waals surface area contributed by atoms with Crippen LogP contribution < -0.4 is 36.8 Å². The number of amides is 4. The number of aromatic nitrogens is 6. The summed E-state index contributed by atoms with van der Waals surface area (Å²) >= 11 is 1.25. The average Bonchev–Trinajstić information content (AvgIpc) is 3.99. The summed E-state index contributed by atoms with van der Waals surface area (Å²) in [7, 11) is 1.48. The number of benzene rings is 2. The molecule has 20 nitrogen and oxygen atoms in total. The van der Waals surface area contributed by atoms with Gasteiger partial charge >= 0.3 is 6.09 Å². The lowest BCUT2D eigenvalue weighted by molar-refractivity contribution is 0.0193. The molecule has 4 amide bonds. The minimum atomic E-state index is -0.622. The summed E-state index contributed by atoms with van der Waals surface area (Å²) in [5.41, 5.74) is 20.0. The first-order valence-electron chi connectivity index (χ1n) is 22.0. The quantitative estimate of drug-likeness (QED) is 0.0608. The Bertz CT molecular complexity index is 2720. The van der Waals surface area contributed by atoms with Crippen LogP contribution in [0.15, 0.2) is 47.5 Å². The molecule has 5 heterocycles. The molecule has 0 aliphatic carbocycles. The number of hydrogen-bond acceptors (Lipinski definition) is 14. The van der Waals surface area contributed by atoms with Gasteiger partial charge in [-0.25, -0.2) is 4.79 Å². The number of likely N-dealkylation sites (tertiary alicyclic amines) is 1. The number of primary amides is 2. The van der Waals surface area contributed by atoms with Crippen LogP contribution in [0.5, 0.6) is 11.5 Å². The zero-order valence-corrected chi connectivity index (χ0v) is 39.2. The van der Waals surface area contributed by atoms with E-state index in [9.17, 15) is 19.2 Å². The third kappa shape index (κ3) is 10.8. The van der Waals surface area contributed by atoms with Gasteiger partial charge in [0.25, 0.3) is 5.91 Å². The number of rotatable bonds is 16. The number of ether oxygens (including phenoxy) is 3. The van der Waals surface area contributed by atoms with Crippen LogP contribution in [0.4, 0.5) is 16.2 Å². The normalized spacial score (nSPS) is 15.1. The number of nitrogens with zero attached hydrogens (tertiary/aromatic N) is 9. The van der Waals surface area contributed by atoms with E-state index in [1.165, 1.54) is 30.6 Å². The minimum absolute atomic E-state index is 0.228. The Balaban J connectivity index is 1.05. The van der Waals surface area contributed by atoms with Gasteiger partial charge in [0, 0.05) is 56.3 Å². The minimum Gasteiger partial charge on any atom is -0.494 e. The van der Waals surface area contributed by atoms with Crippen molar-refractivity contribution in [3.8, 4) is 11.5 Å². The number of aryl methyl sites for hydroxylation is 2. The van der Waals surface area contributed by atoms with Gasteiger partial charge in [-0.05, 0) is 97.3 Å². The third-order valence-corrected chi connectivity index (χ3v) is 12.4. The van der Waals surface area contributed by atoms with Crippen LogP contribution in [0.1, 0.15) is 101 Å². The number of allylic oxidation sites excluding steroid dienone is 1. The fourth-order valence-corrected chi connectivity index (χ4v) is 9.28. The van der Waals surface area contributed by atoms with E-state index in [1.54, 1.807) is 27.8 Å². The van der Waals surface area contributed by atoms with Gasteiger partial charge in [-0.2, -0.15) is 10.1 Å². The van der Waals surface area contributed by atoms with E-state index >= 15 is 0 Å². The molecular formula is C45H59N13O7S. The number of carbonyl (C=O) groups excluding carboxylic acids is 4. The molecule has 5 aromatic rings. The van der Waals surface area contributed by atoms with Gasteiger partial charge in [-0.3, -0.25) is 24.0 Å². The third-order valence-electron chi connectivity index (χ3n) is 11.4. The van der Waals surface area contributed by atoms with Crippen LogP contribution in [0, 0.1) is 6.92 Å². The highest BCUT2D eigenvalue weighted by atomic mass is 32.1. The molecule has 66 heavy (non-hydrogen) atoms. The number of thiazole rings is 1. The maximum atomic E-state index is 13.7. The number of nitrogen functional groups attached to an aromatic ring is 1. The molecule has 1 saturated heterocycles. The molecule has 1 fully saturated rings. The lowest BCUT2D eigenvalue weighted by Crippen LogP contribution is -2.42. The van der Waals surface area contributed by atoms with Crippen molar-refractivity contribution >= 4 is 56.7 Å². The molecular weight excluding hydrogens is 867 g/mol. The molecule has 3 aromatic heterocycles. The summed E-state index contributed by atoms with van der Waals surface area (Å²) < 4.78 is 23.9. The van der Waals surface area contributed by atoms with Crippen molar-refractivity contribution in [3.05, 3.63) is 81.4 Å². The van der Waals surface area contributed by atoms with Gasteiger partial charge in [0.15, 0.2) is 10.6 Å². The van der Waals surface area contributed by atoms with Crippen LogP contribution in [0.25, 0.3) is 10.2 Å². The molecule has 0 spiro atoms. The lowest BCUT2D eigenvalue weighted by atomic mass is 9.95. The summed E-state index contributed by atoms with van der Waals surface area (Å²) in [5, 5.41) is 16.7. The molecule has 2 aliphatic heterocycles. The fourth-order valence-electron chi connectivity index (χ4n) is 8.19. The van der Waals surface area contributed by atoms with Crippen molar-refractivity contribution in [2.45, 2.75) is 91.6 Å². The molecule has 0 unspecified atom stereocenters. The van der Waals surface area contributed by atoms with Gasteiger partial charge in [-0.1, -0.05) is 23.5 Å². The number of carbonyl (C=O) groups is 4. The zero-order valence-electron chi connectivity index (χ0n) is 38.3. The summed E-state index contributed by atoms with van der Waals surface area (Å²) in [6.07, 6.45) is 6.03. The number of anilines is 2. The van der Waals surface area contributed by atoms with Gasteiger partial charge in [0.1, 0.15) is 39.8 Å². The Kier molecular flexibility index (Phi) is 14.5. The monoisotopic (exact) mass is 925 g/mol. The number of methoxy groups -OCH3 is 1. The van der Waals surface area contributed by atoms with Crippen molar-refractivity contribution in [3.63, 3.8) is 0 Å². The second-order valence-corrected chi connectivity index (χ2v) is 18.3. The molecule has 7 N–H and O–H groups in total. The molecule has 7 rings (SSSR count). The van der Waals surface area contributed by atoms with Crippen LogP contribution >= 0.6 is 11.3 Å². The van der Waals surface area contributed by atoms with Crippen molar-refractivity contribution in [1.29, 1.82) is 0 Å². The summed E-state index contributed by atoms with van der Waals surface area (Å²) in [4.78, 5) is 59.9. The number of hydrogen-bond donors (Lipinski definition) is 4. The van der Waals surface area contributed by atoms with E-state index < -0.39 is 23.3 Å². The highest BCUT2D eigenvalue weighted by molar-refractivity contribution is 7.16. The van der Waals surface area contributed by atoms with Gasteiger partial charge < -0.3 is 50.8 Å². The van der Waals surface area contributed by atoms with E-state index in [-0.39, 0.29) is 29.7 Å². The molecule has 0 atom stereocenters. The predicted molar refractivity (Wildman–Crippen MR) is 250 cm³/mol. The highest BCUT2D eigenvalue weighted by Crippen LogP contribution is 2.34. The number of piperidine rings is 1. The lowest BCUT2D eigenvalue weighted by Gasteiger charge is -2.33. The molecule has 2 aromatic carbocycles. The van der Waals surface area contributed by atoms with Crippen molar-refractivity contribution in [2.75, 3.05) is 57.5 Å². The van der Waals surface area contributed by atoms with E-state index in [1.807, 2.05) is 51.3 Å². The van der Waals surface area contributed by atoms with E-state index in [0.29, 0.717) is 95.0 Å². The SMILES string of the molecule is CCn1nc(C)cc1C(=O)N=c1sc2cc(C(N)=O)cc(OCCCN3CCC(c4nnc5n4CCN(C(=O)OC(C)(C)C)C5)CC3)c2n1C/C=C/CNc1c(N)cc(C(N)=O)cc1OC. The molecule has 0 bridgehead atoms. The Labute approximate surface area is 386 Å². The van der Waals surface area contributed by atoms with Crippen molar-refractivity contribution in [2.24, 2.45) is 16.5 Å². The van der Waals surface area contributed by atoms with Gasteiger partial charge in [0.2, 0.25) is 11.8 Å². The molecule has 21 heteroatoms. The summed E-state index contributed by atoms with van der Waals surface area (Å²) in [6, 6.07) is 8.06. The number of nitrogens with two attached hydrogens (primary N) is 3. The Morgan fingerprint density at radius 2 is 1.70 bits per heavy atom. The van der Waals surface area contributed by atoms with Gasteiger partial charge in [-0.15, -0.1) is 10.2 Å². The standard InChI is InChI=1S/C45H59N13O7S/c1-7-58-32(21-27(2)53-58)42(61)50-43-57(15-9-8-13-49-37-31(46)22-29(39(47)59)23-33(37)63-6)38-34(24-30(40(48)60)25-35(38)66-43)64-20-10-14-54-16-11-28(12-17-54)41-52-51-36-26-55(18-19-56(36)41)44(62)65-45(3,4)5/h8-9,21-25,28,49H,7,10-20,26,46H2,1-6H3,(H2,47,59)(H2,48,60)/b9-8+,50-43?. The Hall–Kier alpha value is -6.74. The van der Waals surface area contributed by atoms with Crippen LogP contribution in [0.3, 0.4) is 0 Å². The number of nitrogens with one attached hydrogen (secondary N) is 1. The van der Waals surface area contributed by atoms with Crippen molar-refractivity contribution in [1.82, 2.24) is 38.9 Å². The van der Waals surface area contributed by atoms with Gasteiger partial charge in [0.05, 0.1) is 36.3 Å². The first-order valence-corrected chi connectivity index (χ1v) is 22.9. The Morgan fingerprint density at radius 1 is 0.970 bits per heavy atom. The van der Waals surface area contributed by atoms with Crippen LogP contribution in [-0.2, 0) is 30.9 Å². The first-order chi connectivity index (χ1) is 31.5. The second kappa shape index (κ2) is 20.2. The maximum Gasteiger partial charge on any atom is 0.410 e. The largest absolute Gasteiger partial charge is 0.494 e. The zero-order chi connectivity index (χ0) is 47.3. The van der Waals surface area contributed by atoms with Crippen LogP contribution in [-0.4, -0.2) is 115 Å². The second-order valence-electron chi connectivity index (χ2n) is 17.3. The predicted octanol–water partition coefficient (Wildman–Crippen LogP) is 4.42. The Morgan fingerprint density at radius 3 is 2.39 bits per heavy atom. The maximum absolute atomic E-state index is 13.7. The highest BCUT2D eigenvalue weighted by Gasteiger charge is 2.32. The smallest absolute Gasteiger partial charge is 0.410 e.